The van der Waals surface area contributed by atoms with Crippen molar-refractivity contribution in [2.45, 2.75) is 0 Å². The summed E-state index contributed by atoms with van der Waals surface area (Å²) < 4.78 is 0. The second kappa shape index (κ2) is 7.55. The summed E-state index contributed by atoms with van der Waals surface area (Å²) in [6, 6.07) is 18.6. The molecular weight excluding hydrogens is 348 g/mol. The van der Waals surface area contributed by atoms with Gasteiger partial charge in [0, 0.05) is 21.4 Å². The Morgan fingerprint density at radius 3 is 2.50 bits per heavy atom. The summed E-state index contributed by atoms with van der Waals surface area (Å²) >= 11 is 1.37. The first-order valence-corrected chi connectivity index (χ1v) is 8.46. The van der Waals surface area contributed by atoms with E-state index in [2.05, 4.69) is 0 Å². The van der Waals surface area contributed by atoms with Gasteiger partial charge in [0.25, 0.3) is 5.69 Å². The highest BCUT2D eigenvalue weighted by Crippen LogP contribution is 2.35. The van der Waals surface area contributed by atoms with Crippen molar-refractivity contribution in [2.24, 2.45) is 0 Å². The molecule has 0 aliphatic carbocycles. The Kier molecular flexibility index (Phi) is 5.02. The molecule has 0 aliphatic heterocycles. The highest BCUT2D eigenvalue weighted by Gasteiger charge is 2.15. The zero-order chi connectivity index (χ0) is 18.5. The maximum absolute atomic E-state index is 12.2. The smallest absolute Gasteiger partial charge is 0.278 e. The molecule has 2 aromatic carbocycles. The van der Waals surface area contributed by atoms with Crippen molar-refractivity contribution in [1.82, 2.24) is 0 Å². The van der Waals surface area contributed by atoms with Gasteiger partial charge in [-0.05, 0) is 54.6 Å². The average Bonchev–Trinajstić information content (AvgIpc) is 3.15. The molecule has 5 nitrogen and oxygen atoms in total. The van der Waals surface area contributed by atoms with E-state index in [1.54, 1.807) is 54.6 Å². The van der Waals surface area contributed by atoms with Crippen LogP contribution in [0.5, 0.6) is 0 Å². The van der Waals surface area contributed by atoms with Crippen molar-refractivity contribution in [2.75, 3.05) is 0 Å². The van der Waals surface area contributed by atoms with E-state index in [9.17, 15) is 14.9 Å². The number of thiophene rings is 1. The van der Waals surface area contributed by atoms with Gasteiger partial charge >= 0.3 is 0 Å². The van der Waals surface area contributed by atoms with Crippen LogP contribution >= 0.6 is 11.3 Å². The van der Waals surface area contributed by atoms with Gasteiger partial charge in [0.15, 0.2) is 5.78 Å². The third-order valence-corrected chi connectivity index (χ3v) is 4.77. The van der Waals surface area contributed by atoms with Crippen LogP contribution in [0, 0.1) is 21.4 Å². The number of carbonyl (C=O) groups excluding carboxylic acids is 1. The van der Waals surface area contributed by atoms with Crippen LogP contribution in [0.15, 0.2) is 66.7 Å². The third-order valence-electron chi connectivity index (χ3n) is 3.69. The minimum atomic E-state index is -0.404. The number of allylic oxidation sites excluding steroid dienone is 1. The van der Waals surface area contributed by atoms with Crippen LogP contribution in [-0.2, 0) is 0 Å². The fraction of sp³-hybridized carbons (Fsp3) is 0. The van der Waals surface area contributed by atoms with Gasteiger partial charge in [-0.15, -0.1) is 11.3 Å². The Hall–Kier alpha value is -3.56. The number of para-hydroxylation sites is 1. The fourth-order valence-electron chi connectivity index (χ4n) is 2.39. The van der Waals surface area contributed by atoms with E-state index in [-0.39, 0.29) is 11.5 Å². The predicted octanol–water partition coefficient (Wildman–Crippen LogP) is 5.09. The number of nitrogens with zero attached hydrogens (tertiary/aromatic N) is 2. The second-order valence-corrected chi connectivity index (χ2v) is 6.48. The Balaban J connectivity index is 1.80. The molecule has 0 atom stereocenters. The number of hydrogen-bond donors (Lipinski definition) is 0. The quantitative estimate of drug-likeness (QED) is 0.274. The Morgan fingerprint density at radius 2 is 1.81 bits per heavy atom. The van der Waals surface area contributed by atoms with Gasteiger partial charge in [-0.1, -0.05) is 12.1 Å². The maximum Gasteiger partial charge on any atom is 0.278 e. The highest BCUT2D eigenvalue weighted by molar-refractivity contribution is 7.16. The number of hydrogen-bond acceptors (Lipinski definition) is 5. The average molecular weight is 360 g/mol. The van der Waals surface area contributed by atoms with Crippen LogP contribution in [0.2, 0.25) is 0 Å². The highest BCUT2D eigenvalue weighted by atomic mass is 32.1. The molecular formula is C20H12N2O3S. The van der Waals surface area contributed by atoms with Gasteiger partial charge in [0.2, 0.25) is 0 Å². The lowest BCUT2D eigenvalue weighted by Crippen LogP contribution is -1.93. The summed E-state index contributed by atoms with van der Waals surface area (Å²) in [7, 11) is 0. The molecule has 6 heteroatoms. The summed E-state index contributed by atoms with van der Waals surface area (Å²) in [4.78, 5) is 24.5. The fourth-order valence-corrected chi connectivity index (χ4v) is 3.34. The second-order valence-electron chi connectivity index (χ2n) is 5.36. The molecule has 3 rings (SSSR count). The number of ketones is 1. The molecule has 0 aliphatic rings. The molecule has 0 amide bonds. The topological polar surface area (TPSA) is 84.0 Å². The third kappa shape index (κ3) is 3.74. The minimum absolute atomic E-state index is 0.0542. The first-order valence-electron chi connectivity index (χ1n) is 7.64. The van der Waals surface area contributed by atoms with E-state index in [0.717, 1.165) is 9.75 Å². The van der Waals surface area contributed by atoms with Crippen molar-refractivity contribution in [1.29, 1.82) is 5.26 Å². The molecule has 0 radical (unpaired) electrons. The van der Waals surface area contributed by atoms with E-state index in [4.69, 9.17) is 5.26 Å². The van der Waals surface area contributed by atoms with Gasteiger partial charge in [-0.25, -0.2) is 0 Å². The SMILES string of the molecule is N#Cc1ccc(C(=O)/C=C/c2ccc(-c3ccccc3[N+](=O)[O-])s2)cc1. The van der Waals surface area contributed by atoms with Crippen molar-refractivity contribution in [3.8, 4) is 16.5 Å². The van der Waals surface area contributed by atoms with Gasteiger partial charge in [-0.2, -0.15) is 5.26 Å². The molecule has 0 saturated heterocycles. The van der Waals surface area contributed by atoms with Crippen LogP contribution in [0.1, 0.15) is 20.8 Å². The zero-order valence-corrected chi connectivity index (χ0v) is 14.3. The van der Waals surface area contributed by atoms with E-state index in [1.165, 1.54) is 23.5 Å². The molecule has 26 heavy (non-hydrogen) atoms. The van der Waals surface area contributed by atoms with Crippen LogP contribution in [0.4, 0.5) is 5.69 Å². The first-order chi connectivity index (χ1) is 12.6. The van der Waals surface area contributed by atoms with E-state index in [0.29, 0.717) is 16.7 Å². The van der Waals surface area contributed by atoms with Gasteiger partial charge in [0.05, 0.1) is 22.1 Å². The molecule has 0 N–H and O–H groups in total. The lowest BCUT2D eigenvalue weighted by atomic mass is 10.1. The zero-order valence-electron chi connectivity index (χ0n) is 13.5. The number of nitriles is 1. The molecule has 1 aromatic heterocycles. The molecule has 0 unspecified atom stereocenters. The number of nitro benzene ring substituents is 1. The Labute approximate surface area is 153 Å². The summed E-state index contributed by atoms with van der Waals surface area (Å²) in [6.07, 6.45) is 3.14. The summed E-state index contributed by atoms with van der Waals surface area (Å²) in [5.41, 5.74) is 1.60. The summed E-state index contributed by atoms with van der Waals surface area (Å²) in [5, 5.41) is 19.9. The van der Waals surface area contributed by atoms with Crippen molar-refractivity contribution >= 4 is 28.9 Å². The monoisotopic (exact) mass is 360 g/mol. The van der Waals surface area contributed by atoms with Crippen molar-refractivity contribution in [3.05, 3.63) is 92.9 Å². The van der Waals surface area contributed by atoms with Crippen LogP contribution in [0.3, 0.4) is 0 Å². The molecule has 0 spiro atoms. The normalized spacial score (nSPS) is 10.6. The van der Waals surface area contributed by atoms with Crippen LogP contribution < -0.4 is 0 Å². The first kappa shape index (κ1) is 17.3. The van der Waals surface area contributed by atoms with E-state index in [1.807, 2.05) is 12.1 Å². The molecule has 3 aromatic rings. The molecule has 0 bridgehead atoms. The molecule has 0 fully saturated rings. The van der Waals surface area contributed by atoms with Crippen molar-refractivity contribution < 1.29 is 9.72 Å². The number of benzene rings is 2. The molecule has 126 valence electrons. The summed E-state index contributed by atoms with van der Waals surface area (Å²) in [5.74, 6) is -0.171. The van der Waals surface area contributed by atoms with Crippen LogP contribution in [0.25, 0.3) is 16.5 Å². The number of nitro groups is 1. The Bertz CT molecular complexity index is 1040. The largest absolute Gasteiger partial charge is 0.289 e. The Morgan fingerprint density at radius 1 is 1.08 bits per heavy atom. The van der Waals surface area contributed by atoms with Gasteiger partial charge in [0.1, 0.15) is 0 Å². The summed E-state index contributed by atoms with van der Waals surface area (Å²) in [6.45, 7) is 0. The van der Waals surface area contributed by atoms with Gasteiger partial charge in [-0.3, -0.25) is 14.9 Å². The number of carbonyl (C=O) groups is 1. The lowest BCUT2D eigenvalue weighted by molar-refractivity contribution is -0.384. The van der Waals surface area contributed by atoms with Crippen LogP contribution in [-0.4, -0.2) is 10.7 Å². The minimum Gasteiger partial charge on any atom is -0.289 e. The van der Waals surface area contributed by atoms with E-state index >= 15 is 0 Å². The predicted molar refractivity (Wildman–Crippen MR) is 101 cm³/mol. The number of rotatable bonds is 5. The standard InChI is InChI=1S/C20H12N2O3S/c21-13-14-5-7-15(8-6-14)19(23)11-9-16-10-12-20(26-16)17-3-1-2-4-18(17)22(24)25/h1-12H/b11-9+. The van der Waals surface area contributed by atoms with Gasteiger partial charge < -0.3 is 0 Å². The molecule has 1 heterocycles. The lowest BCUT2D eigenvalue weighted by Gasteiger charge is -1.98. The molecule has 0 saturated carbocycles. The maximum atomic E-state index is 12.2. The van der Waals surface area contributed by atoms with E-state index < -0.39 is 4.92 Å². The van der Waals surface area contributed by atoms with Crippen molar-refractivity contribution in [3.63, 3.8) is 0 Å².